The fraction of sp³-hybridized carbons (Fsp3) is 0.147. The van der Waals surface area contributed by atoms with E-state index < -0.39 is 5.41 Å². The summed E-state index contributed by atoms with van der Waals surface area (Å²) in [5, 5.41) is 4.53. The largest absolute Gasteiger partial charge is 2.00 e. The minimum absolute atomic E-state index is 0. The molecule has 1 aliphatic carbocycles. The summed E-state index contributed by atoms with van der Waals surface area (Å²) in [7, 11) is 0. The molecule has 0 saturated carbocycles. The van der Waals surface area contributed by atoms with Gasteiger partial charge in [-0.2, -0.15) is 24.3 Å². The van der Waals surface area contributed by atoms with Gasteiger partial charge in [0.25, 0.3) is 0 Å². The van der Waals surface area contributed by atoms with Gasteiger partial charge in [-0.05, 0) is 177 Å². The van der Waals surface area contributed by atoms with E-state index in [4.69, 9.17) is 39.9 Å². The third-order valence-electron chi connectivity index (χ3n) is 25.3. The molecule has 0 amide bonds. The maximum absolute atomic E-state index is 5.44. The number of thiophene rings is 6. The quantitative estimate of drug-likeness (QED) is 0.0824. The van der Waals surface area contributed by atoms with Crippen molar-refractivity contribution < 1.29 is 84.3 Å². The topological polar surface area (TPSA) is 106 Å². The third-order valence-corrected chi connectivity index (χ3v) is 32.7. The van der Waals surface area contributed by atoms with Gasteiger partial charge >= 0.3 is 84.3 Å². The van der Waals surface area contributed by atoms with Gasteiger partial charge < -0.3 is 9.97 Å². The van der Waals surface area contributed by atoms with Crippen molar-refractivity contribution in [2.24, 2.45) is 0 Å². The SMILES string of the molecule is CC(C)(C)c1c[c-]c(-c2cccc(Cc3cccc(-c4[c-]cc(C(C)(C)C)s4)n3)n2)s1.CC(C)(C)c1cc(N(c2cccc(-c3[c-]cccc3)n2)c2cccc(-c3[c-]cccc3)n2)cc(C(C)(C)C)c1.[Pt+2].[Pt+2].[Pt+2].[Pt+2].[c-]1c(-c2cccc(C3(c4cccc(-c5[c-]c6ccccc6s5)n4)c4ccccc4-c4ccccc43)n2)sc2ccccc12.[c-]1c(-c2cccc(Cc3cccc(-c4[c-]c5ccccc5s4)n3)n2)sc2ccccc12. The molecule has 1 aliphatic rings. The number of anilines is 3. The maximum atomic E-state index is 5.44. The second-order valence-corrected chi connectivity index (χ2v) is 46.2. The summed E-state index contributed by atoms with van der Waals surface area (Å²) in [6, 6.07) is 155. The summed E-state index contributed by atoms with van der Waals surface area (Å²) in [6.07, 6.45) is 1.40. The van der Waals surface area contributed by atoms with Crippen molar-refractivity contribution in [1.82, 2.24) is 39.9 Å². The van der Waals surface area contributed by atoms with Crippen molar-refractivity contribution in [2.45, 2.75) is 123 Å². The van der Waals surface area contributed by atoms with Crippen LogP contribution in [0.15, 0.2) is 370 Å². The zero-order valence-electron chi connectivity index (χ0n) is 83.4. The van der Waals surface area contributed by atoms with Crippen molar-refractivity contribution in [3.8, 4) is 97.1 Å². The van der Waals surface area contributed by atoms with Gasteiger partial charge in [-0.3, -0.25) is 34.8 Å². The van der Waals surface area contributed by atoms with Crippen LogP contribution in [0.5, 0.6) is 0 Å². The molecule has 0 N–H and O–H groups in total. The Bertz CT molecular complexity index is 7970. The van der Waals surface area contributed by atoms with Crippen LogP contribution in [0.1, 0.15) is 149 Å². The molecule has 0 unspecified atom stereocenters. The smallest absolute Gasteiger partial charge is 0.315 e. The van der Waals surface area contributed by atoms with Crippen LogP contribution in [0.25, 0.3) is 137 Å². The fourth-order valence-corrected chi connectivity index (χ4v) is 23.7. The van der Waals surface area contributed by atoms with Gasteiger partial charge in [-0.15, -0.1) is 166 Å². The van der Waals surface area contributed by atoms with E-state index in [0.717, 1.165) is 159 Å². The standard InChI is InChI=1S/C39H22N2S2.C36H35N3.C27H16N2S2.C27H28N2S2.4Pt/c1-7-19-33-25(11-1)23-35(42-33)31-17-9-21-37(40-31)39(29-15-5-3-13-27(29)28-14-4-6-16-30(28)39)38-22-10-18-32(41-38)36-24-26-12-2-8-20-34(26)43-36;1-35(2,3)28-23-29(36(4,5)6)25-30(24-28)39(33-21-13-19-31(37-33)26-15-9-7-10-16-26)34-22-14-20-32(38-34)27-17-11-8-12-18-27;1-3-13-24-18(7-1)15-26(30-24)22-11-5-9-20(28-22)17-21-10-6-12-23(29-21)27-16-19-8-2-4-14-25(19)31-27;1-26(2,3)24-15-13-22(30-24)20-11-7-9-18(28-20)17-19-10-8-12-21(29-19)23-14-16-25(31-23)27(4,5)6;;;;/h1-22H;7-15,17,19-25H,1-6H3;1-14H,17H2;7-12,15-16H,17H2,1-6H3;;;;/q4*-2;4*+2. The van der Waals surface area contributed by atoms with Gasteiger partial charge in [0.15, 0.2) is 0 Å². The molecule has 19 heteroatoms. The second-order valence-electron chi connectivity index (χ2n) is 39.9. The number of nitrogens with zero attached hydrogens (tertiary/aromatic N) is 9. The molecule has 0 spiro atoms. The van der Waals surface area contributed by atoms with Crippen LogP contribution >= 0.6 is 68.0 Å². The summed E-state index contributed by atoms with van der Waals surface area (Å²) >= 11 is 10.5. The Labute approximate surface area is 949 Å². The first-order valence-corrected chi connectivity index (χ1v) is 53.2. The molecule has 14 aromatic heterocycles. The first-order chi connectivity index (χ1) is 69.8. The van der Waals surface area contributed by atoms with Gasteiger partial charge in [0.1, 0.15) is 17.1 Å². The van der Waals surface area contributed by atoms with Crippen LogP contribution in [0.3, 0.4) is 0 Å². The minimum Gasteiger partial charge on any atom is -0.315 e. The van der Waals surface area contributed by atoms with Gasteiger partial charge in [0, 0.05) is 64.1 Å². The van der Waals surface area contributed by atoms with Crippen LogP contribution in [0.4, 0.5) is 17.3 Å². The van der Waals surface area contributed by atoms with Gasteiger partial charge in [-0.25, -0.2) is 68.0 Å². The Hall–Kier alpha value is -12.0. The molecule has 24 rings (SSSR count). The number of hydrogen-bond donors (Lipinski definition) is 0. The van der Waals surface area contributed by atoms with Crippen molar-refractivity contribution in [1.29, 1.82) is 0 Å². The molecule has 148 heavy (non-hydrogen) atoms. The Morgan fingerprint density at radius 3 is 0.872 bits per heavy atom. The van der Waals surface area contributed by atoms with E-state index in [-0.39, 0.29) is 106 Å². The van der Waals surface area contributed by atoms with E-state index in [0.29, 0.717) is 12.8 Å². The molecule has 23 aromatic rings. The Morgan fingerprint density at radius 1 is 0.257 bits per heavy atom. The van der Waals surface area contributed by atoms with Crippen molar-refractivity contribution in [3.63, 3.8) is 0 Å². The van der Waals surface area contributed by atoms with Crippen LogP contribution in [0.2, 0.25) is 0 Å². The van der Waals surface area contributed by atoms with Gasteiger partial charge in [0.05, 0.1) is 11.4 Å². The van der Waals surface area contributed by atoms with E-state index in [1.54, 1.807) is 68.0 Å². The first-order valence-electron chi connectivity index (χ1n) is 48.3. The molecule has 9 nitrogen and oxygen atoms in total. The van der Waals surface area contributed by atoms with Crippen LogP contribution in [0, 0.1) is 48.5 Å². The summed E-state index contributed by atoms with van der Waals surface area (Å²) in [5.74, 6) is 1.61. The second kappa shape index (κ2) is 46.2. The van der Waals surface area contributed by atoms with Crippen molar-refractivity contribution in [2.75, 3.05) is 4.90 Å². The average Bonchev–Trinajstić information content (AvgIpc) is 1.53. The molecule has 0 fully saturated rings. The average molecular weight is 2750 g/mol. The third kappa shape index (κ3) is 23.7. The molecular formula is C129H101N9Pt4S6. The molecule has 0 aliphatic heterocycles. The normalized spacial score (nSPS) is 11.9. The molecule has 9 aromatic carbocycles. The number of rotatable bonds is 17. The van der Waals surface area contributed by atoms with Crippen LogP contribution in [-0.2, 0) is 124 Å². The van der Waals surface area contributed by atoms with Crippen molar-refractivity contribution >= 4 is 126 Å². The summed E-state index contributed by atoms with van der Waals surface area (Å²) in [6.45, 7) is 26.9. The predicted octanol–water partition coefficient (Wildman–Crippen LogP) is 34.8. The van der Waals surface area contributed by atoms with E-state index >= 15 is 0 Å². The van der Waals surface area contributed by atoms with E-state index in [1.165, 1.54) is 61.9 Å². The van der Waals surface area contributed by atoms with Crippen LogP contribution in [-0.4, -0.2) is 39.9 Å². The van der Waals surface area contributed by atoms with Gasteiger partial charge in [0.2, 0.25) is 0 Å². The monoisotopic (exact) mass is 2750 g/mol. The Morgan fingerprint density at radius 2 is 0.554 bits per heavy atom. The van der Waals surface area contributed by atoms with Crippen molar-refractivity contribution in [3.05, 3.63) is 485 Å². The molecule has 0 bridgehead atoms. The number of aromatic nitrogens is 8. The maximum Gasteiger partial charge on any atom is 2.00 e. The molecule has 0 saturated heterocycles. The number of pyridine rings is 8. The van der Waals surface area contributed by atoms with Crippen LogP contribution < -0.4 is 4.90 Å². The molecule has 738 valence electrons. The molecule has 0 radical (unpaired) electrons. The summed E-state index contributed by atoms with van der Waals surface area (Å²) in [5.41, 5.74) is 23.3. The zero-order valence-corrected chi connectivity index (χ0v) is 97.4. The Kier molecular flexibility index (Phi) is 33.5. The Balaban J connectivity index is 0.000000135. The molecular weight excluding hydrogens is 2650 g/mol. The number of fused-ring (bicyclic) bond motifs is 7. The zero-order chi connectivity index (χ0) is 98.9. The predicted molar refractivity (Wildman–Crippen MR) is 605 cm³/mol. The van der Waals surface area contributed by atoms with E-state index in [2.05, 4.69) is 434 Å². The number of benzene rings is 9. The summed E-state index contributed by atoms with van der Waals surface area (Å²) in [4.78, 5) is 52.0. The van der Waals surface area contributed by atoms with E-state index in [1.807, 2.05) is 72.8 Å². The first kappa shape index (κ1) is 107. The number of hydrogen-bond acceptors (Lipinski definition) is 15. The minimum atomic E-state index is -0.688. The van der Waals surface area contributed by atoms with Gasteiger partial charge in [-0.1, -0.05) is 303 Å². The van der Waals surface area contributed by atoms with E-state index in [9.17, 15) is 0 Å². The summed E-state index contributed by atoms with van der Waals surface area (Å²) < 4.78 is 4.90. The molecule has 14 heterocycles. The fourth-order valence-electron chi connectivity index (χ4n) is 17.9. The molecule has 0 atom stereocenters.